The number of aryl methyl sites for hydroxylation is 2. The predicted octanol–water partition coefficient (Wildman–Crippen LogP) is 1.62. The van der Waals surface area contributed by atoms with Crippen LogP contribution in [-0.4, -0.2) is 43.4 Å². The van der Waals surface area contributed by atoms with E-state index < -0.39 is 0 Å². The van der Waals surface area contributed by atoms with Gasteiger partial charge in [0.05, 0.1) is 13.2 Å². The van der Waals surface area contributed by atoms with Crippen LogP contribution in [-0.2, 0) is 24.1 Å². The lowest BCUT2D eigenvalue weighted by Crippen LogP contribution is -2.29. The van der Waals surface area contributed by atoms with Crippen molar-refractivity contribution in [1.82, 2.24) is 4.90 Å². The van der Waals surface area contributed by atoms with E-state index in [1.54, 1.807) is 7.11 Å². The average molecular weight is 249 g/mol. The fourth-order valence-electron chi connectivity index (χ4n) is 2.61. The number of hydrogen-bond acceptors (Lipinski definition) is 3. The summed E-state index contributed by atoms with van der Waals surface area (Å²) in [7, 11) is 1.71. The second-order valence-corrected chi connectivity index (χ2v) is 4.95. The molecule has 18 heavy (non-hydrogen) atoms. The zero-order chi connectivity index (χ0) is 12.8. The zero-order valence-corrected chi connectivity index (χ0v) is 11.2. The monoisotopic (exact) mass is 249 g/mol. The van der Waals surface area contributed by atoms with E-state index in [2.05, 4.69) is 23.1 Å². The minimum atomic E-state index is 0.203. The Bertz CT molecular complexity index is 379. The number of benzene rings is 1. The normalized spacial score (nSPS) is 14.2. The zero-order valence-electron chi connectivity index (χ0n) is 11.2. The van der Waals surface area contributed by atoms with Gasteiger partial charge >= 0.3 is 0 Å². The Morgan fingerprint density at radius 1 is 1.22 bits per heavy atom. The molecule has 0 unspecified atom stereocenters. The molecule has 1 aliphatic carbocycles. The van der Waals surface area contributed by atoms with E-state index >= 15 is 0 Å². The number of rotatable bonds is 7. The molecule has 100 valence electrons. The molecule has 0 aromatic heterocycles. The number of fused-ring (bicyclic) bond motifs is 1. The van der Waals surface area contributed by atoms with E-state index in [0.717, 1.165) is 13.1 Å². The highest BCUT2D eigenvalue weighted by Gasteiger charge is 2.12. The van der Waals surface area contributed by atoms with Gasteiger partial charge < -0.3 is 9.84 Å². The molecule has 0 atom stereocenters. The van der Waals surface area contributed by atoms with Gasteiger partial charge in [0.15, 0.2) is 0 Å². The summed E-state index contributed by atoms with van der Waals surface area (Å²) >= 11 is 0. The lowest BCUT2D eigenvalue weighted by Gasteiger charge is -2.21. The van der Waals surface area contributed by atoms with Gasteiger partial charge in [0.2, 0.25) is 0 Å². The molecule has 0 saturated heterocycles. The lowest BCUT2D eigenvalue weighted by atomic mass is 10.1. The second-order valence-electron chi connectivity index (χ2n) is 4.95. The summed E-state index contributed by atoms with van der Waals surface area (Å²) in [4.78, 5) is 2.24. The Balaban J connectivity index is 1.97. The summed E-state index contributed by atoms with van der Waals surface area (Å²) in [5.41, 5.74) is 4.38. The topological polar surface area (TPSA) is 32.7 Å². The molecule has 2 rings (SSSR count). The first kappa shape index (κ1) is 13.5. The molecule has 0 amide bonds. The van der Waals surface area contributed by atoms with Crippen LogP contribution in [0.5, 0.6) is 0 Å². The standard InChI is InChI=1S/C15H23NO2/c1-18-10-8-16(7-9-17)12-13-5-6-14-3-2-4-15(14)11-13/h5-6,11,17H,2-4,7-10,12H2,1H3. The Hall–Kier alpha value is -0.900. The molecule has 0 fully saturated rings. The van der Waals surface area contributed by atoms with Crippen LogP contribution in [0.4, 0.5) is 0 Å². The molecule has 3 heteroatoms. The first-order valence-electron chi connectivity index (χ1n) is 6.76. The minimum Gasteiger partial charge on any atom is -0.395 e. The van der Waals surface area contributed by atoms with E-state index in [4.69, 9.17) is 9.84 Å². The summed E-state index contributed by atoms with van der Waals surface area (Å²) in [6.45, 7) is 3.39. The summed E-state index contributed by atoms with van der Waals surface area (Å²) in [6, 6.07) is 6.83. The van der Waals surface area contributed by atoms with Crippen molar-refractivity contribution in [1.29, 1.82) is 0 Å². The van der Waals surface area contributed by atoms with E-state index in [-0.39, 0.29) is 6.61 Å². The quantitative estimate of drug-likeness (QED) is 0.797. The fourth-order valence-corrected chi connectivity index (χ4v) is 2.61. The number of nitrogens with zero attached hydrogens (tertiary/aromatic N) is 1. The second kappa shape index (κ2) is 6.88. The molecule has 0 heterocycles. The summed E-state index contributed by atoms with van der Waals surface area (Å²) in [5, 5.41) is 9.09. The van der Waals surface area contributed by atoms with Crippen molar-refractivity contribution in [2.24, 2.45) is 0 Å². The number of aliphatic hydroxyl groups is 1. The molecule has 0 aliphatic heterocycles. The summed E-state index contributed by atoms with van der Waals surface area (Å²) in [6.07, 6.45) is 3.75. The molecule has 1 N–H and O–H groups in total. The van der Waals surface area contributed by atoms with Gasteiger partial charge in [-0.3, -0.25) is 4.90 Å². The van der Waals surface area contributed by atoms with Gasteiger partial charge in [0.25, 0.3) is 0 Å². The van der Waals surface area contributed by atoms with E-state index in [1.165, 1.54) is 36.0 Å². The largest absolute Gasteiger partial charge is 0.395 e. The smallest absolute Gasteiger partial charge is 0.0589 e. The van der Waals surface area contributed by atoms with Gasteiger partial charge in [-0.1, -0.05) is 18.2 Å². The highest BCUT2D eigenvalue weighted by atomic mass is 16.5. The third kappa shape index (κ3) is 3.55. The maximum absolute atomic E-state index is 9.09. The first-order chi connectivity index (χ1) is 8.83. The molecule has 1 aromatic carbocycles. The van der Waals surface area contributed by atoms with Crippen LogP contribution in [0.15, 0.2) is 18.2 Å². The fraction of sp³-hybridized carbons (Fsp3) is 0.600. The number of methoxy groups -OCH3 is 1. The van der Waals surface area contributed by atoms with Crippen molar-refractivity contribution >= 4 is 0 Å². The molecule has 0 bridgehead atoms. The highest BCUT2D eigenvalue weighted by molar-refractivity contribution is 5.35. The van der Waals surface area contributed by atoms with Crippen molar-refractivity contribution in [2.45, 2.75) is 25.8 Å². The summed E-state index contributed by atoms with van der Waals surface area (Å²) < 4.78 is 5.11. The molecular formula is C15H23NO2. The van der Waals surface area contributed by atoms with Crippen LogP contribution in [0.1, 0.15) is 23.1 Å². The van der Waals surface area contributed by atoms with Crippen molar-refractivity contribution in [2.75, 3.05) is 33.4 Å². The van der Waals surface area contributed by atoms with Crippen LogP contribution in [0, 0.1) is 0 Å². The van der Waals surface area contributed by atoms with Crippen molar-refractivity contribution in [3.63, 3.8) is 0 Å². The third-order valence-electron chi connectivity index (χ3n) is 3.60. The Morgan fingerprint density at radius 2 is 2.06 bits per heavy atom. The first-order valence-corrected chi connectivity index (χ1v) is 6.76. The minimum absolute atomic E-state index is 0.203. The third-order valence-corrected chi connectivity index (χ3v) is 3.60. The van der Waals surface area contributed by atoms with Gasteiger partial charge in [-0.15, -0.1) is 0 Å². The van der Waals surface area contributed by atoms with E-state index in [0.29, 0.717) is 13.2 Å². The Kier molecular flexibility index (Phi) is 5.17. The molecule has 1 aromatic rings. The van der Waals surface area contributed by atoms with Crippen molar-refractivity contribution < 1.29 is 9.84 Å². The average Bonchev–Trinajstić information content (AvgIpc) is 2.83. The summed E-state index contributed by atoms with van der Waals surface area (Å²) in [5.74, 6) is 0. The van der Waals surface area contributed by atoms with Crippen LogP contribution in [0.25, 0.3) is 0 Å². The molecule has 3 nitrogen and oxygen atoms in total. The van der Waals surface area contributed by atoms with Crippen LogP contribution < -0.4 is 0 Å². The van der Waals surface area contributed by atoms with Gasteiger partial charge in [-0.25, -0.2) is 0 Å². The predicted molar refractivity (Wildman–Crippen MR) is 72.7 cm³/mol. The van der Waals surface area contributed by atoms with Crippen LogP contribution >= 0.6 is 0 Å². The van der Waals surface area contributed by atoms with Crippen LogP contribution in [0.3, 0.4) is 0 Å². The van der Waals surface area contributed by atoms with Crippen molar-refractivity contribution in [3.05, 3.63) is 34.9 Å². The number of ether oxygens (including phenoxy) is 1. The number of hydrogen-bond donors (Lipinski definition) is 1. The van der Waals surface area contributed by atoms with Gasteiger partial charge in [-0.05, 0) is 36.0 Å². The maximum Gasteiger partial charge on any atom is 0.0589 e. The molecule has 0 spiro atoms. The maximum atomic E-state index is 9.09. The molecule has 1 aliphatic rings. The molecule has 0 saturated carbocycles. The molecular weight excluding hydrogens is 226 g/mol. The van der Waals surface area contributed by atoms with Gasteiger partial charge in [-0.2, -0.15) is 0 Å². The highest BCUT2D eigenvalue weighted by Crippen LogP contribution is 2.23. The number of aliphatic hydroxyl groups excluding tert-OH is 1. The van der Waals surface area contributed by atoms with Gasteiger partial charge in [0.1, 0.15) is 0 Å². The van der Waals surface area contributed by atoms with Crippen LogP contribution in [0.2, 0.25) is 0 Å². The SMILES string of the molecule is COCCN(CCO)Cc1ccc2c(c1)CCC2. The Labute approximate surface area is 109 Å². The van der Waals surface area contributed by atoms with E-state index in [1.807, 2.05) is 0 Å². The van der Waals surface area contributed by atoms with E-state index in [9.17, 15) is 0 Å². The molecule has 0 radical (unpaired) electrons. The van der Waals surface area contributed by atoms with Gasteiger partial charge in [0, 0.05) is 26.7 Å². The Morgan fingerprint density at radius 3 is 2.83 bits per heavy atom. The van der Waals surface area contributed by atoms with Crippen molar-refractivity contribution in [3.8, 4) is 0 Å². The lowest BCUT2D eigenvalue weighted by molar-refractivity contribution is 0.127.